The van der Waals surface area contributed by atoms with Crippen LogP contribution in [0.5, 0.6) is 0 Å². The van der Waals surface area contributed by atoms with Gasteiger partial charge < -0.3 is 10.6 Å². The number of pyridine rings is 1. The van der Waals surface area contributed by atoms with E-state index in [4.69, 9.17) is 10.7 Å². The first-order chi connectivity index (χ1) is 10.6. The maximum Gasteiger partial charge on any atom is 0.132 e. The summed E-state index contributed by atoms with van der Waals surface area (Å²) in [6.45, 7) is 8.71. The molecular formula is C19H28ClN3. The van der Waals surface area contributed by atoms with E-state index in [1.54, 1.807) is 0 Å². The SMILES string of the molecule is CCC(N)Cc1cc2cc(C)cc(C)c2nc1N1CCCC1.Cl. The summed E-state index contributed by atoms with van der Waals surface area (Å²) >= 11 is 0. The van der Waals surface area contributed by atoms with Gasteiger partial charge in [0.2, 0.25) is 0 Å². The molecule has 1 atom stereocenters. The third-order valence-corrected chi connectivity index (χ3v) is 4.72. The largest absolute Gasteiger partial charge is 0.356 e. The Morgan fingerprint density at radius 3 is 2.52 bits per heavy atom. The maximum atomic E-state index is 6.23. The molecule has 2 N–H and O–H groups in total. The molecule has 2 aromatic rings. The summed E-state index contributed by atoms with van der Waals surface area (Å²) in [5, 5.41) is 1.25. The highest BCUT2D eigenvalue weighted by molar-refractivity contribution is 5.86. The third kappa shape index (κ3) is 3.78. The minimum Gasteiger partial charge on any atom is -0.356 e. The fraction of sp³-hybridized carbons (Fsp3) is 0.526. The number of hydrogen-bond acceptors (Lipinski definition) is 3. The number of hydrogen-bond donors (Lipinski definition) is 1. The van der Waals surface area contributed by atoms with Crippen LogP contribution in [-0.2, 0) is 6.42 Å². The van der Waals surface area contributed by atoms with Gasteiger partial charge in [0.05, 0.1) is 5.52 Å². The van der Waals surface area contributed by atoms with Crippen LogP contribution in [0.4, 0.5) is 5.82 Å². The molecule has 0 radical (unpaired) electrons. The first-order valence-electron chi connectivity index (χ1n) is 8.50. The van der Waals surface area contributed by atoms with Crippen molar-refractivity contribution < 1.29 is 0 Å². The van der Waals surface area contributed by atoms with E-state index in [9.17, 15) is 0 Å². The van der Waals surface area contributed by atoms with Crippen LogP contribution >= 0.6 is 12.4 Å². The number of fused-ring (bicyclic) bond motifs is 1. The predicted octanol–water partition coefficient (Wildman–Crippen LogP) is 4.15. The van der Waals surface area contributed by atoms with Crippen molar-refractivity contribution in [2.24, 2.45) is 5.73 Å². The molecular weight excluding hydrogens is 306 g/mol. The quantitative estimate of drug-likeness (QED) is 0.913. The number of nitrogens with two attached hydrogens (primary N) is 1. The van der Waals surface area contributed by atoms with Crippen LogP contribution in [-0.4, -0.2) is 24.1 Å². The Kier molecular flexibility index (Phi) is 5.88. The van der Waals surface area contributed by atoms with Crippen molar-refractivity contribution in [2.75, 3.05) is 18.0 Å². The van der Waals surface area contributed by atoms with Crippen LogP contribution in [0.15, 0.2) is 18.2 Å². The zero-order valence-electron chi connectivity index (χ0n) is 14.4. The first-order valence-corrected chi connectivity index (χ1v) is 8.50. The zero-order chi connectivity index (χ0) is 15.7. The molecule has 2 heterocycles. The average molecular weight is 334 g/mol. The predicted molar refractivity (Wildman–Crippen MR) is 102 cm³/mol. The molecule has 4 heteroatoms. The van der Waals surface area contributed by atoms with E-state index in [1.165, 1.54) is 40.7 Å². The van der Waals surface area contributed by atoms with Gasteiger partial charge in [-0.15, -0.1) is 12.4 Å². The van der Waals surface area contributed by atoms with Crippen molar-refractivity contribution in [3.05, 3.63) is 34.9 Å². The fourth-order valence-corrected chi connectivity index (χ4v) is 3.47. The van der Waals surface area contributed by atoms with Crippen molar-refractivity contribution in [3.63, 3.8) is 0 Å². The average Bonchev–Trinajstić information content (AvgIpc) is 3.00. The second-order valence-electron chi connectivity index (χ2n) is 6.69. The van der Waals surface area contributed by atoms with E-state index in [-0.39, 0.29) is 18.4 Å². The molecule has 1 saturated heterocycles. The summed E-state index contributed by atoms with van der Waals surface area (Å²) in [5.74, 6) is 1.17. The van der Waals surface area contributed by atoms with E-state index >= 15 is 0 Å². The standard InChI is InChI=1S/C19H27N3.ClH/c1-4-17(20)12-16-11-15-10-13(2)9-14(3)18(15)21-19(16)22-7-5-6-8-22;/h9-11,17H,4-8,12,20H2,1-3H3;1H. The number of aromatic nitrogens is 1. The summed E-state index contributed by atoms with van der Waals surface area (Å²) in [4.78, 5) is 7.50. The van der Waals surface area contributed by atoms with Gasteiger partial charge in [0.15, 0.2) is 0 Å². The Balaban J connectivity index is 0.00000192. The zero-order valence-corrected chi connectivity index (χ0v) is 15.2. The van der Waals surface area contributed by atoms with Gasteiger partial charge in [-0.2, -0.15) is 0 Å². The summed E-state index contributed by atoms with van der Waals surface area (Å²) < 4.78 is 0. The van der Waals surface area contributed by atoms with E-state index in [0.717, 1.165) is 31.4 Å². The molecule has 1 aromatic carbocycles. The summed E-state index contributed by atoms with van der Waals surface area (Å²) in [6.07, 6.45) is 4.46. The molecule has 3 rings (SSSR count). The highest BCUT2D eigenvalue weighted by Gasteiger charge is 2.19. The first kappa shape index (κ1) is 18.0. The van der Waals surface area contributed by atoms with Crippen LogP contribution in [0, 0.1) is 13.8 Å². The molecule has 0 amide bonds. The van der Waals surface area contributed by atoms with E-state index in [0.29, 0.717) is 0 Å². The Bertz CT molecular complexity index is 678. The second-order valence-corrected chi connectivity index (χ2v) is 6.69. The van der Waals surface area contributed by atoms with E-state index in [2.05, 4.69) is 43.9 Å². The summed E-state index contributed by atoms with van der Waals surface area (Å²) in [6, 6.07) is 7.00. The molecule has 126 valence electrons. The van der Waals surface area contributed by atoms with Crippen molar-refractivity contribution in [1.29, 1.82) is 0 Å². The molecule has 23 heavy (non-hydrogen) atoms. The number of halogens is 1. The van der Waals surface area contributed by atoms with Gasteiger partial charge in [-0.05, 0) is 62.8 Å². The third-order valence-electron chi connectivity index (χ3n) is 4.72. The lowest BCUT2D eigenvalue weighted by molar-refractivity contribution is 0.644. The van der Waals surface area contributed by atoms with Crippen LogP contribution < -0.4 is 10.6 Å². The minimum absolute atomic E-state index is 0. The van der Waals surface area contributed by atoms with Crippen LogP contribution in [0.3, 0.4) is 0 Å². The Hall–Kier alpha value is -1.32. The number of anilines is 1. The molecule has 3 nitrogen and oxygen atoms in total. The monoisotopic (exact) mass is 333 g/mol. The van der Waals surface area contributed by atoms with Crippen LogP contribution in [0.25, 0.3) is 10.9 Å². The maximum absolute atomic E-state index is 6.23. The summed E-state index contributed by atoms with van der Waals surface area (Å²) in [5.41, 5.74) is 11.2. The van der Waals surface area contributed by atoms with Gasteiger partial charge >= 0.3 is 0 Å². The highest BCUT2D eigenvalue weighted by Crippen LogP contribution is 2.29. The van der Waals surface area contributed by atoms with Gasteiger partial charge in [-0.25, -0.2) is 4.98 Å². The van der Waals surface area contributed by atoms with E-state index < -0.39 is 0 Å². The second kappa shape index (κ2) is 7.50. The number of benzene rings is 1. The van der Waals surface area contributed by atoms with Gasteiger partial charge in [-0.3, -0.25) is 0 Å². The van der Waals surface area contributed by atoms with Gasteiger partial charge in [0.25, 0.3) is 0 Å². The van der Waals surface area contributed by atoms with Crippen LogP contribution in [0.2, 0.25) is 0 Å². The van der Waals surface area contributed by atoms with E-state index in [1.807, 2.05) is 0 Å². The minimum atomic E-state index is 0. The summed E-state index contributed by atoms with van der Waals surface area (Å²) in [7, 11) is 0. The van der Waals surface area contributed by atoms with Gasteiger partial charge in [-0.1, -0.05) is 18.6 Å². The fourth-order valence-electron chi connectivity index (χ4n) is 3.47. The lowest BCUT2D eigenvalue weighted by Gasteiger charge is -2.23. The van der Waals surface area contributed by atoms with Gasteiger partial charge in [0, 0.05) is 24.5 Å². The molecule has 1 aliphatic rings. The number of rotatable bonds is 4. The van der Waals surface area contributed by atoms with Crippen molar-refractivity contribution in [1.82, 2.24) is 4.98 Å². The van der Waals surface area contributed by atoms with Crippen molar-refractivity contribution in [3.8, 4) is 0 Å². The number of nitrogens with zero attached hydrogens (tertiary/aromatic N) is 2. The van der Waals surface area contributed by atoms with Crippen LogP contribution in [0.1, 0.15) is 42.9 Å². The lowest BCUT2D eigenvalue weighted by atomic mass is 10.0. The normalized spacial score (nSPS) is 15.7. The van der Waals surface area contributed by atoms with Crippen molar-refractivity contribution in [2.45, 2.75) is 52.5 Å². The Morgan fingerprint density at radius 2 is 1.87 bits per heavy atom. The molecule has 0 aliphatic carbocycles. The topological polar surface area (TPSA) is 42.1 Å². The van der Waals surface area contributed by atoms with Gasteiger partial charge in [0.1, 0.15) is 5.82 Å². The molecule has 1 fully saturated rings. The number of aryl methyl sites for hydroxylation is 2. The van der Waals surface area contributed by atoms with Crippen molar-refractivity contribution >= 4 is 29.1 Å². The smallest absolute Gasteiger partial charge is 0.132 e. The Labute approximate surface area is 145 Å². The molecule has 1 aromatic heterocycles. The Morgan fingerprint density at radius 1 is 1.17 bits per heavy atom. The molecule has 1 aliphatic heterocycles. The molecule has 0 bridgehead atoms. The molecule has 1 unspecified atom stereocenters. The molecule has 0 saturated carbocycles. The molecule has 0 spiro atoms. The lowest BCUT2D eigenvalue weighted by Crippen LogP contribution is -2.25. The highest BCUT2D eigenvalue weighted by atomic mass is 35.5.